The van der Waals surface area contributed by atoms with Gasteiger partial charge in [0.2, 0.25) is 0 Å². The molecule has 0 amide bonds. The predicted octanol–water partition coefficient (Wildman–Crippen LogP) is 4.50. The predicted molar refractivity (Wildman–Crippen MR) is 81.1 cm³/mol. The third kappa shape index (κ3) is 3.55. The Morgan fingerprint density at radius 1 is 1.11 bits per heavy atom. The van der Waals surface area contributed by atoms with E-state index in [0.717, 1.165) is 16.7 Å². The van der Waals surface area contributed by atoms with Crippen molar-refractivity contribution in [3.63, 3.8) is 0 Å². The number of rotatable bonds is 3. The Hall–Kier alpha value is -1.38. The molecule has 0 fully saturated rings. The van der Waals surface area contributed by atoms with Gasteiger partial charge in [-0.05, 0) is 40.3 Å². The summed E-state index contributed by atoms with van der Waals surface area (Å²) in [5, 5.41) is 0. The van der Waals surface area contributed by atoms with Crippen LogP contribution in [0.2, 0.25) is 0 Å². The fourth-order valence-electron chi connectivity index (χ4n) is 2.06. The molecule has 0 aromatic heterocycles. The van der Waals surface area contributed by atoms with Gasteiger partial charge in [-0.25, -0.2) is 4.39 Å². The molecule has 19 heavy (non-hydrogen) atoms. The zero-order valence-corrected chi connectivity index (χ0v) is 12.0. The van der Waals surface area contributed by atoms with Gasteiger partial charge < -0.3 is 5.73 Å². The summed E-state index contributed by atoms with van der Waals surface area (Å²) in [5.74, 6) is 0.233. The summed E-state index contributed by atoms with van der Waals surface area (Å²) < 4.78 is 13.4. The average molecular weight is 280 g/mol. The second kappa shape index (κ2) is 6.69. The van der Waals surface area contributed by atoms with Crippen molar-refractivity contribution >= 4 is 12.4 Å². The minimum absolute atomic E-state index is 0. The van der Waals surface area contributed by atoms with Crippen molar-refractivity contribution in [2.45, 2.75) is 26.3 Å². The molecule has 0 atom stereocenters. The first kappa shape index (κ1) is 15.7. The van der Waals surface area contributed by atoms with E-state index in [4.69, 9.17) is 5.73 Å². The molecule has 2 aromatic rings. The second-order valence-electron chi connectivity index (χ2n) is 4.79. The summed E-state index contributed by atoms with van der Waals surface area (Å²) >= 11 is 0. The zero-order chi connectivity index (χ0) is 13.1. The molecule has 3 heteroatoms. The van der Waals surface area contributed by atoms with Crippen LogP contribution in [0.5, 0.6) is 0 Å². The van der Waals surface area contributed by atoms with Crippen LogP contribution in [0.4, 0.5) is 4.39 Å². The van der Waals surface area contributed by atoms with Gasteiger partial charge in [0, 0.05) is 6.54 Å². The highest BCUT2D eigenvalue weighted by Crippen LogP contribution is 2.27. The van der Waals surface area contributed by atoms with Crippen LogP contribution in [-0.4, -0.2) is 0 Å². The van der Waals surface area contributed by atoms with E-state index < -0.39 is 0 Å². The quantitative estimate of drug-likeness (QED) is 0.880. The molecular formula is C16H19ClFN. The van der Waals surface area contributed by atoms with Crippen LogP contribution in [0.15, 0.2) is 42.5 Å². The van der Waals surface area contributed by atoms with Gasteiger partial charge in [0.25, 0.3) is 0 Å². The molecule has 0 aliphatic rings. The minimum atomic E-state index is -0.225. The van der Waals surface area contributed by atoms with Crippen LogP contribution >= 0.6 is 12.4 Å². The molecule has 0 unspecified atom stereocenters. The van der Waals surface area contributed by atoms with Crippen molar-refractivity contribution < 1.29 is 4.39 Å². The Labute approximate surface area is 120 Å². The van der Waals surface area contributed by atoms with Crippen molar-refractivity contribution in [2.75, 3.05) is 0 Å². The van der Waals surface area contributed by atoms with E-state index in [1.54, 1.807) is 12.1 Å². The van der Waals surface area contributed by atoms with Crippen molar-refractivity contribution in [1.82, 2.24) is 0 Å². The molecule has 102 valence electrons. The first-order valence-corrected chi connectivity index (χ1v) is 6.20. The van der Waals surface area contributed by atoms with Gasteiger partial charge in [0.15, 0.2) is 0 Å². The topological polar surface area (TPSA) is 26.0 Å². The summed E-state index contributed by atoms with van der Waals surface area (Å²) in [6.45, 7) is 4.71. The fourth-order valence-corrected chi connectivity index (χ4v) is 2.06. The number of halogens is 2. The van der Waals surface area contributed by atoms with Crippen LogP contribution in [0.3, 0.4) is 0 Å². The molecule has 0 saturated heterocycles. The number of nitrogens with two attached hydrogens (primary N) is 1. The second-order valence-corrected chi connectivity index (χ2v) is 4.79. The van der Waals surface area contributed by atoms with E-state index in [1.165, 1.54) is 11.6 Å². The summed E-state index contributed by atoms with van der Waals surface area (Å²) in [4.78, 5) is 0. The molecule has 0 spiro atoms. The van der Waals surface area contributed by atoms with Crippen LogP contribution in [-0.2, 0) is 6.54 Å². The molecule has 0 radical (unpaired) electrons. The summed E-state index contributed by atoms with van der Waals surface area (Å²) in [6, 6.07) is 13.0. The van der Waals surface area contributed by atoms with Gasteiger partial charge in [-0.3, -0.25) is 0 Å². The Balaban J connectivity index is 0.00000180. The lowest BCUT2D eigenvalue weighted by Crippen LogP contribution is -2.00. The Kier molecular flexibility index (Phi) is 5.52. The van der Waals surface area contributed by atoms with Crippen molar-refractivity contribution in [3.8, 4) is 11.1 Å². The minimum Gasteiger partial charge on any atom is -0.326 e. The van der Waals surface area contributed by atoms with E-state index in [2.05, 4.69) is 26.0 Å². The molecule has 0 aliphatic heterocycles. The highest BCUT2D eigenvalue weighted by atomic mass is 35.5. The SMILES string of the molecule is CC(C)c1cccc(-c2cc(F)ccc2CN)c1.Cl. The molecule has 2 aromatic carbocycles. The largest absolute Gasteiger partial charge is 0.326 e. The highest BCUT2D eigenvalue weighted by Gasteiger charge is 2.07. The van der Waals surface area contributed by atoms with Gasteiger partial charge >= 0.3 is 0 Å². The van der Waals surface area contributed by atoms with Gasteiger partial charge in [-0.2, -0.15) is 0 Å². The summed E-state index contributed by atoms with van der Waals surface area (Å²) in [5.41, 5.74) is 9.85. The third-order valence-corrected chi connectivity index (χ3v) is 3.16. The Morgan fingerprint density at radius 3 is 2.47 bits per heavy atom. The van der Waals surface area contributed by atoms with E-state index in [0.29, 0.717) is 12.5 Å². The zero-order valence-electron chi connectivity index (χ0n) is 11.2. The molecule has 2 rings (SSSR count). The summed E-state index contributed by atoms with van der Waals surface area (Å²) in [7, 11) is 0. The van der Waals surface area contributed by atoms with Crippen LogP contribution < -0.4 is 5.73 Å². The van der Waals surface area contributed by atoms with E-state index in [9.17, 15) is 4.39 Å². The van der Waals surface area contributed by atoms with E-state index >= 15 is 0 Å². The maximum atomic E-state index is 13.4. The first-order chi connectivity index (χ1) is 8.61. The fraction of sp³-hybridized carbons (Fsp3) is 0.250. The van der Waals surface area contributed by atoms with Gasteiger partial charge in [-0.1, -0.05) is 44.2 Å². The lowest BCUT2D eigenvalue weighted by Gasteiger charge is -2.11. The lowest BCUT2D eigenvalue weighted by molar-refractivity contribution is 0.627. The Bertz CT molecular complexity index is 552. The first-order valence-electron chi connectivity index (χ1n) is 6.20. The maximum Gasteiger partial charge on any atom is 0.123 e. The summed E-state index contributed by atoms with van der Waals surface area (Å²) in [6.07, 6.45) is 0. The standard InChI is InChI=1S/C16H18FN.ClH/c1-11(2)12-4-3-5-13(8-12)16-9-15(17)7-6-14(16)10-18;/h3-9,11H,10,18H2,1-2H3;1H. The number of benzene rings is 2. The van der Waals surface area contributed by atoms with E-state index in [-0.39, 0.29) is 18.2 Å². The van der Waals surface area contributed by atoms with Crippen LogP contribution in [0, 0.1) is 5.82 Å². The molecule has 2 N–H and O–H groups in total. The molecule has 0 saturated carbocycles. The molecule has 1 nitrogen and oxygen atoms in total. The lowest BCUT2D eigenvalue weighted by atomic mass is 9.95. The van der Waals surface area contributed by atoms with Crippen LogP contribution in [0.1, 0.15) is 30.9 Å². The molecular weight excluding hydrogens is 261 g/mol. The van der Waals surface area contributed by atoms with Crippen molar-refractivity contribution in [1.29, 1.82) is 0 Å². The highest BCUT2D eigenvalue weighted by molar-refractivity contribution is 5.85. The maximum absolute atomic E-state index is 13.4. The molecule has 0 bridgehead atoms. The van der Waals surface area contributed by atoms with Gasteiger partial charge in [0.1, 0.15) is 5.82 Å². The Morgan fingerprint density at radius 2 is 1.84 bits per heavy atom. The monoisotopic (exact) mass is 279 g/mol. The van der Waals surface area contributed by atoms with Gasteiger partial charge in [0.05, 0.1) is 0 Å². The average Bonchev–Trinajstić information content (AvgIpc) is 2.39. The number of hydrogen-bond acceptors (Lipinski definition) is 1. The number of hydrogen-bond donors (Lipinski definition) is 1. The van der Waals surface area contributed by atoms with Crippen molar-refractivity contribution in [2.24, 2.45) is 5.73 Å². The normalized spacial score (nSPS) is 10.4. The van der Waals surface area contributed by atoms with E-state index in [1.807, 2.05) is 12.1 Å². The van der Waals surface area contributed by atoms with Crippen molar-refractivity contribution in [3.05, 3.63) is 59.4 Å². The third-order valence-electron chi connectivity index (χ3n) is 3.16. The van der Waals surface area contributed by atoms with Crippen LogP contribution in [0.25, 0.3) is 11.1 Å². The molecule has 0 aliphatic carbocycles. The van der Waals surface area contributed by atoms with Gasteiger partial charge in [-0.15, -0.1) is 12.4 Å². The smallest absolute Gasteiger partial charge is 0.123 e. The molecule has 0 heterocycles.